The summed E-state index contributed by atoms with van der Waals surface area (Å²) in [7, 11) is -1.71. The van der Waals surface area contributed by atoms with Crippen LogP contribution in [-0.4, -0.2) is 29.1 Å². The van der Waals surface area contributed by atoms with Crippen LogP contribution in [0.25, 0.3) is 10.9 Å². The van der Waals surface area contributed by atoms with Crippen molar-refractivity contribution in [1.82, 2.24) is 14.9 Å². The second kappa shape index (κ2) is 8.46. The molecule has 7 heteroatoms. The van der Waals surface area contributed by atoms with Crippen LogP contribution in [0.2, 0.25) is 0 Å². The van der Waals surface area contributed by atoms with Crippen LogP contribution < -0.4 is 5.32 Å². The van der Waals surface area contributed by atoms with Crippen molar-refractivity contribution in [1.29, 1.82) is 0 Å². The van der Waals surface area contributed by atoms with Gasteiger partial charge in [-0.05, 0) is 62.3 Å². The van der Waals surface area contributed by atoms with E-state index in [2.05, 4.69) is 17.2 Å². The summed E-state index contributed by atoms with van der Waals surface area (Å²) in [6.45, 7) is 4.28. The van der Waals surface area contributed by atoms with Gasteiger partial charge in [0.15, 0.2) is 9.84 Å². The number of hydrogen-bond acceptors (Lipinski definition) is 4. The molecule has 31 heavy (non-hydrogen) atoms. The number of sulfone groups is 1. The zero-order chi connectivity index (χ0) is 22.2. The molecule has 6 nitrogen and oxygen atoms in total. The second-order valence-electron chi connectivity index (χ2n) is 8.64. The highest BCUT2D eigenvalue weighted by Gasteiger charge is 2.34. The minimum absolute atomic E-state index is 0.286. The number of fused-ring (bicyclic) bond motifs is 1. The summed E-state index contributed by atoms with van der Waals surface area (Å²) >= 11 is 0. The number of rotatable bonds is 5. The van der Waals surface area contributed by atoms with E-state index in [1.165, 1.54) is 0 Å². The fourth-order valence-electron chi connectivity index (χ4n) is 4.48. The molecule has 0 aliphatic heterocycles. The fourth-order valence-corrected chi connectivity index (χ4v) is 6.56. The number of pyridine rings is 1. The average Bonchev–Trinajstić information content (AvgIpc) is 3.07. The van der Waals surface area contributed by atoms with Crippen LogP contribution in [0, 0.1) is 12.8 Å². The highest BCUT2D eigenvalue weighted by Crippen LogP contribution is 2.33. The van der Waals surface area contributed by atoms with Crippen molar-refractivity contribution in [3.8, 4) is 0 Å². The summed E-state index contributed by atoms with van der Waals surface area (Å²) in [5.41, 5.74) is 2.81. The lowest BCUT2D eigenvalue weighted by Crippen LogP contribution is -2.26. The first-order valence-electron chi connectivity index (χ1n) is 10.8. The van der Waals surface area contributed by atoms with Gasteiger partial charge in [-0.3, -0.25) is 9.78 Å². The maximum Gasteiger partial charge on any atom is 0.268 e. The number of carbonyl (C=O) groups excluding carboxylic acids is 1. The van der Waals surface area contributed by atoms with Crippen molar-refractivity contribution in [2.75, 3.05) is 0 Å². The lowest BCUT2D eigenvalue weighted by atomic mass is 9.91. The zero-order valence-corrected chi connectivity index (χ0v) is 19.1. The van der Waals surface area contributed by atoms with Crippen molar-refractivity contribution in [3.63, 3.8) is 0 Å². The quantitative estimate of drug-likeness (QED) is 0.647. The number of nitrogens with zero attached hydrogens (tertiary/aromatic N) is 2. The van der Waals surface area contributed by atoms with Crippen molar-refractivity contribution in [3.05, 3.63) is 59.5 Å². The van der Waals surface area contributed by atoms with Gasteiger partial charge < -0.3 is 9.88 Å². The van der Waals surface area contributed by atoms with E-state index in [1.54, 1.807) is 30.8 Å². The Morgan fingerprint density at radius 2 is 1.90 bits per heavy atom. The monoisotopic (exact) mass is 439 g/mol. The van der Waals surface area contributed by atoms with Gasteiger partial charge in [0.05, 0.1) is 15.7 Å². The Hall–Kier alpha value is -2.67. The average molecular weight is 440 g/mol. The maximum atomic E-state index is 13.3. The second-order valence-corrected chi connectivity index (χ2v) is 10.8. The van der Waals surface area contributed by atoms with Crippen LogP contribution in [-0.2, 0) is 23.4 Å². The van der Waals surface area contributed by atoms with E-state index in [4.69, 9.17) is 0 Å². The normalized spacial score (nSPS) is 19.5. The molecule has 1 aliphatic rings. The van der Waals surface area contributed by atoms with E-state index in [0.717, 1.165) is 29.3 Å². The highest BCUT2D eigenvalue weighted by atomic mass is 32.2. The van der Waals surface area contributed by atoms with Crippen LogP contribution >= 0.6 is 0 Å². The highest BCUT2D eigenvalue weighted by molar-refractivity contribution is 7.92. The van der Waals surface area contributed by atoms with Crippen LogP contribution in [0.3, 0.4) is 0 Å². The van der Waals surface area contributed by atoms with Gasteiger partial charge in [0, 0.05) is 30.9 Å². The molecule has 0 saturated heterocycles. The summed E-state index contributed by atoms with van der Waals surface area (Å²) in [6, 6.07) is 11.2. The zero-order valence-electron chi connectivity index (χ0n) is 18.3. The molecule has 2 aromatic heterocycles. The van der Waals surface area contributed by atoms with Crippen molar-refractivity contribution in [2.24, 2.45) is 13.0 Å². The number of carbonyl (C=O) groups is 1. The minimum atomic E-state index is -3.46. The lowest BCUT2D eigenvalue weighted by molar-refractivity contribution is 0.0942. The minimum Gasteiger partial charge on any atom is -0.347 e. The molecule has 1 aromatic carbocycles. The summed E-state index contributed by atoms with van der Waals surface area (Å²) in [6.07, 6.45) is 4.99. The molecule has 0 unspecified atom stereocenters. The first kappa shape index (κ1) is 21.6. The molecule has 0 bridgehead atoms. The maximum absolute atomic E-state index is 13.3. The van der Waals surface area contributed by atoms with Crippen LogP contribution in [0.1, 0.15) is 54.4 Å². The molecular formula is C24H29N3O3S. The Balaban J connectivity index is 1.55. The van der Waals surface area contributed by atoms with Crippen molar-refractivity contribution < 1.29 is 13.2 Å². The third-order valence-corrected chi connectivity index (χ3v) is 8.98. The van der Waals surface area contributed by atoms with E-state index in [-0.39, 0.29) is 16.1 Å². The van der Waals surface area contributed by atoms with E-state index in [9.17, 15) is 13.2 Å². The van der Waals surface area contributed by atoms with Crippen molar-refractivity contribution in [2.45, 2.75) is 56.2 Å². The largest absolute Gasteiger partial charge is 0.347 e. The molecule has 3 aromatic rings. The first-order chi connectivity index (χ1) is 14.8. The van der Waals surface area contributed by atoms with Gasteiger partial charge in [0.1, 0.15) is 5.69 Å². The summed E-state index contributed by atoms with van der Waals surface area (Å²) in [4.78, 5) is 17.6. The van der Waals surface area contributed by atoms with E-state index < -0.39 is 9.84 Å². The molecule has 0 spiro atoms. The summed E-state index contributed by atoms with van der Waals surface area (Å²) in [5.74, 6) is 0.291. The SMILES string of the molecule is Cc1c(S(=O)(=O)C2CCC(C)CC2)cc(C(=O)NCc2cccc3ncccc23)n1C. The van der Waals surface area contributed by atoms with E-state index in [0.29, 0.717) is 36.7 Å². The van der Waals surface area contributed by atoms with Crippen LogP contribution in [0.15, 0.2) is 47.5 Å². The smallest absolute Gasteiger partial charge is 0.268 e. The van der Waals surface area contributed by atoms with Gasteiger partial charge in [-0.25, -0.2) is 8.42 Å². The summed E-state index contributed by atoms with van der Waals surface area (Å²) in [5, 5.41) is 3.57. The molecule has 2 heterocycles. The molecule has 1 fully saturated rings. The van der Waals surface area contributed by atoms with Crippen LogP contribution in [0.4, 0.5) is 0 Å². The number of nitrogens with one attached hydrogen (secondary N) is 1. The number of hydrogen-bond donors (Lipinski definition) is 1. The fraction of sp³-hybridized carbons (Fsp3) is 0.417. The molecule has 1 saturated carbocycles. The number of aromatic nitrogens is 2. The third kappa shape index (κ3) is 4.11. The van der Waals surface area contributed by atoms with Gasteiger partial charge in [-0.1, -0.05) is 25.1 Å². The Kier molecular flexibility index (Phi) is 5.88. The topological polar surface area (TPSA) is 81.1 Å². The predicted molar refractivity (Wildman–Crippen MR) is 122 cm³/mol. The van der Waals surface area contributed by atoms with Gasteiger partial charge >= 0.3 is 0 Å². The Labute approximate surface area is 183 Å². The Morgan fingerprint density at radius 3 is 2.65 bits per heavy atom. The first-order valence-corrected chi connectivity index (χ1v) is 12.3. The predicted octanol–water partition coefficient (Wildman–Crippen LogP) is 4.16. The lowest BCUT2D eigenvalue weighted by Gasteiger charge is -2.25. The molecule has 1 N–H and O–H groups in total. The van der Waals surface area contributed by atoms with E-state index in [1.807, 2.05) is 30.3 Å². The molecule has 1 amide bonds. The molecule has 0 atom stereocenters. The van der Waals surface area contributed by atoms with Gasteiger partial charge in [0.25, 0.3) is 5.91 Å². The van der Waals surface area contributed by atoms with Gasteiger partial charge in [-0.2, -0.15) is 0 Å². The standard InChI is InChI=1S/C24H29N3O3S/c1-16-9-11-19(12-10-16)31(29,30)23-14-22(27(3)17(23)2)24(28)26-15-18-6-4-8-21-20(18)7-5-13-25-21/h4-8,13-14,16,19H,9-12,15H2,1-3H3,(H,26,28). The number of benzene rings is 1. The van der Waals surface area contributed by atoms with E-state index >= 15 is 0 Å². The van der Waals surface area contributed by atoms with Gasteiger partial charge in [-0.15, -0.1) is 0 Å². The van der Waals surface area contributed by atoms with Crippen LogP contribution in [0.5, 0.6) is 0 Å². The molecule has 4 rings (SSSR count). The molecule has 164 valence electrons. The molecule has 0 radical (unpaired) electrons. The van der Waals surface area contributed by atoms with Gasteiger partial charge in [0.2, 0.25) is 0 Å². The molecule has 1 aliphatic carbocycles. The number of amides is 1. The summed E-state index contributed by atoms with van der Waals surface area (Å²) < 4.78 is 28.2. The Bertz CT molecular complexity index is 1220. The third-order valence-electron chi connectivity index (χ3n) is 6.61. The Morgan fingerprint density at radius 1 is 1.16 bits per heavy atom. The van der Waals surface area contributed by atoms with Crippen molar-refractivity contribution >= 4 is 26.6 Å². The molecular weight excluding hydrogens is 410 g/mol.